The molecule has 9 heteroatoms. The minimum atomic E-state index is -3.82. The molecule has 0 radical (unpaired) electrons. The number of carbonyl (C=O) groups is 2. The van der Waals surface area contributed by atoms with E-state index in [1.54, 1.807) is 24.3 Å². The van der Waals surface area contributed by atoms with Gasteiger partial charge in [0.25, 0.3) is 0 Å². The number of aryl methyl sites for hydroxylation is 1. The van der Waals surface area contributed by atoms with Crippen LogP contribution in [0.5, 0.6) is 5.75 Å². The van der Waals surface area contributed by atoms with Crippen LogP contribution in [0, 0.1) is 6.92 Å². The smallest absolute Gasteiger partial charge is 0.244 e. The molecule has 0 aliphatic heterocycles. The van der Waals surface area contributed by atoms with E-state index in [1.807, 2.05) is 38.1 Å². The summed E-state index contributed by atoms with van der Waals surface area (Å²) in [7, 11) is -2.37. The van der Waals surface area contributed by atoms with E-state index in [0.717, 1.165) is 47.4 Å². The van der Waals surface area contributed by atoms with Crippen molar-refractivity contribution in [2.45, 2.75) is 64.6 Å². The van der Waals surface area contributed by atoms with Gasteiger partial charge in [-0.15, -0.1) is 0 Å². The van der Waals surface area contributed by atoms with Gasteiger partial charge in [-0.2, -0.15) is 0 Å². The molecular formula is C27H37N3O5S. The Morgan fingerprint density at radius 3 is 2.31 bits per heavy atom. The van der Waals surface area contributed by atoms with Crippen molar-refractivity contribution in [2.24, 2.45) is 0 Å². The van der Waals surface area contributed by atoms with Crippen LogP contribution in [0.4, 0.5) is 5.69 Å². The number of para-hydroxylation sites is 2. The highest BCUT2D eigenvalue weighted by atomic mass is 32.2. The molecule has 0 unspecified atom stereocenters. The van der Waals surface area contributed by atoms with Crippen molar-refractivity contribution in [1.29, 1.82) is 0 Å². The summed E-state index contributed by atoms with van der Waals surface area (Å²) in [6.07, 6.45) is 5.49. The Bertz CT molecular complexity index is 1140. The van der Waals surface area contributed by atoms with Crippen LogP contribution in [-0.4, -0.2) is 57.1 Å². The van der Waals surface area contributed by atoms with Crippen LogP contribution in [0.15, 0.2) is 48.5 Å². The third-order valence-electron chi connectivity index (χ3n) is 6.59. The third-order valence-corrected chi connectivity index (χ3v) is 7.72. The third kappa shape index (κ3) is 7.00. The van der Waals surface area contributed by atoms with Crippen LogP contribution in [0.3, 0.4) is 0 Å². The largest absolute Gasteiger partial charge is 0.495 e. The molecule has 2 amide bonds. The molecule has 1 atom stereocenters. The maximum atomic E-state index is 13.8. The number of benzene rings is 2. The molecule has 0 bridgehead atoms. The molecule has 0 aromatic heterocycles. The van der Waals surface area contributed by atoms with Gasteiger partial charge < -0.3 is 15.0 Å². The second-order valence-corrected chi connectivity index (χ2v) is 11.3. The minimum absolute atomic E-state index is 0.115. The van der Waals surface area contributed by atoms with Gasteiger partial charge in [0.1, 0.15) is 18.3 Å². The summed E-state index contributed by atoms with van der Waals surface area (Å²) in [6.45, 7) is 3.59. The molecule has 1 fully saturated rings. The summed E-state index contributed by atoms with van der Waals surface area (Å²) >= 11 is 0. The number of ether oxygens (including phenoxy) is 1. The lowest BCUT2D eigenvalue weighted by atomic mass is 10.1. The van der Waals surface area contributed by atoms with E-state index in [1.165, 1.54) is 12.0 Å². The predicted molar refractivity (Wildman–Crippen MR) is 141 cm³/mol. The maximum Gasteiger partial charge on any atom is 0.244 e. The van der Waals surface area contributed by atoms with Crippen LogP contribution >= 0.6 is 0 Å². The first-order chi connectivity index (χ1) is 17.1. The molecule has 1 saturated carbocycles. The fourth-order valence-electron chi connectivity index (χ4n) is 4.61. The predicted octanol–water partition coefficient (Wildman–Crippen LogP) is 3.64. The fraction of sp³-hybridized carbons (Fsp3) is 0.481. The maximum absolute atomic E-state index is 13.8. The number of nitrogens with one attached hydrogen (secondary N) is 1. The normalized spacial score (nSPS) is 14.8. The van der Waals surface area contributed by atoms with Crippen LogP contribution in [-0.2, 0) is 26.2 Å². The molecule has 0 spiro atoms. The van der Waals surface area contributed by atoms with Gasteiger partial charge in [-0.3, -0.25) is 13.9 Å². The van der Waals surface area contributed by atoms with E-state index in [2.05, 4.69) is 5.32 Å². The van der Waals surface area contributed by atoms with Crippen molar-refractivity contribution in [3.8, 4) is 5.75 Å². The molecular weight excluding hydrogens is 478 g/mol. The van der Waals surface area contributed by atoms with Gasteiger partial charge in [-0.05, 0) is 43.9 Å². The van der Waals surface area contributed by atoms with E-state index < -0.39 is 28.5 Å². The first-order valence-electron chi connectivity index (χ1n) is 12.4. The fourth-order valence-corrected chi connectivity index (χ4v) is 5.46. The lowest BCUT2D eigenvalue weighted by Crippen LogP contribution is -2.53. The first kappa shape index (κ1) is 27.5. The number of anilines is 1. The van der Waals surface area contributed by atoms with Crippen LogP contribution < -0.4 is 14.4 Å². The van der Waals surface area contributed by atoms with Crippen molar-refractivity contribution < 1.29 is 22.7 Å². The number of rotatable bonds is 11. The number of nitrogens with zero attached hydrogens (tertiary/aromatic N) is 2. The molecule has 8 nitrogen and oxygen atoms in total. The SMILES string of the molecule is CC[C@H](C(=O)NC1CCCC1)N(Cc1ccc(C)cc1)C(=O)CN(c1ccccc1OC)S(C)(=O)=O. The van der Waals surface area contributed by atoms with Gasteiger partial charge in [0.05, 0.1) is 19.1 Å². The monoisotopic (exact) mass is 515 g/mol. The van der Waals surface area contributed by atoms with Crippen molar-refractivity contribution in [2.75, 3.05) is 24.2 Å². The molecule has 2 aromatic carbocycles. The Kier molecular flexibility index (Phi) is 9.37. The Balaban J connectivity index is 1.94. The molecule has 1 N–H and O–H groups in total. The van der Waals surface area contributed by atoms with E-state index >= 15 is 0 Å². The Morgan fingerprint density at radius 2 is 1.72 bits per heavy atom. The second-order valence-electron chi connectivity index (χ2n) is 9.36. The van der Waals surface area contributed by atoms with Crippen molar-refractivity contribution in [3.05, 3.63) is 59.7 Å². The Hall–Kier alpha value is -3.07. The molecule has 1 aliphatic rings. The quantitative estimate of drug-likeness (QED) is 0.493. The number of sulfonamides is 1. The van der Waals surface area contributed by atoms with Gasteiger partial charge in [-0.1, -0.05) is 61.7 Å². The van der Waals surface area contributed by atoms with Crippen LogP contribution in [0.1, 0.15) is 50.2 Å². The number of carbonyl (C=O) groups excluding carboxylic acids is 2. The average molecular weight is 516 g/mol. The first-order valence-corrected chi connectivity index (χ1v) is 14.2. The van der Waals surface area contributed by atoms with Gasteiger partial charge in [0.15, 0.2) is 0 Å². The molecule has 3 rings (SSSR count). The second kappa shape index (κ2) is 12.3. The topological polar surface area (TPSA) is 96.0 Å². The molecule has 0 heterocycles. The van der Waals surface area contributed by atoms with Gasteiger partial charge in [-0.25, -0.2) is 8.42 Å². The number of methoxy groups -OCH3 is 1. The Morgan fingerprint density at radius 1 is 1.08 bits per heavy atom. The summed E-state index contributed by atoms with van der Waals surface area (Å²) in [5.41, 5.74) is 2.22. The lowest BCUT2D eigenvalue weighted by molar-refractivity contribution is -0.140. The van der Waals surface area contributed by atoms with Gasteiger partial charge in [0.2, 0.25) is 21.8 Å². The van der Waals surface area contributed by atoms with E-state index in [0.29, 0.717) is 12.2 Å². The van der Waals surface area contributed by atoms with E-state index in [-0.39, 0.29) is 24.2 Å². The molecule has 2 aromatic rings. The molecule has 196 valence electrons. The summed E-state index contributed by atoms with van der Waals surface area (Å²) < 4.78 is 32.0. The highest BCUT2D eigenvalue weighted by Gasteiger charge is 2.33. The summed E-state index contributed by atoms with van der Waals surface area (Å²) in [5.74, 6) is -0.319. The number of amides is 2. The van der Waals surface area contributed by atoms with Crippen molar-refractivity contribution >= 4 is 27.5 Å². The lowest BCUT2D eigenvalue weighted by Gasteiger charge is -2.33. The zero-order valence-electron chi connectivity index (χ0n) is 21.6. The summed E-state index contributed by atoms with van der Waals surface area (Å²) in [5, 5.41) is 3.11. The summed E-state index contributed by atoms with van der Waals surface area (Å²) in [6, 6.07) is 13.8. The molecule has 1 aliphatic carbocycles. The summed E-state index contributed by atoms with van der Waals surface area (Å²) in [4.78, 5) is 28.6. The van der Waals surface area contributed by atoms with Gasteiger partial charge >= 0.3 is 0 Å². The van der Waals surface area contributed by atoms with Crippen LogP contribution in [0.2, 0.25) is 0 Å². The highest BCUT2D eigenvalue weighted by Crippen LogP contribution is 2.30. The minimum Gasteiger partial charge on any atom is -0.495 e. The van der Waals surface area contributed by atoms with Crippen molar-refractivity contribution in [3.63, 3.8) is 0 Å². The Labute approximate surface area is 214 Å². The zero-order valence-corrected chi connectivity index (χ0v) is 22.4. The number of hydrogen-bond acceptors (Lipinski definition) is 5. The molecule has 36 heavy (non-hydrogen) atoms. The molecule has 0 saturated heterocycles. The van der Waals surface area contributed by atoms with E-state index in [9.17, 15) is 18.0 Å². The van der Waals surface area contributed by atoms with Crippen LogP contribution in [0.25, 0.3) is 0 Å². The standard InChI is InChI=1S/C27H37N3O5S/c1-5-23(27(32)28-22-10-6-7-11-22)29(18-21-16-14-20(2)15-17-21)26(31)19-30(36(4,33)34)24-12-8-9-13-25(24)35-3/h8-9,12-17,22-23H,5-7,10-11,18-19H2,1-4H3,(H,28,32)/t23-/m1/s1. The van der Waals surface area contributed by atoms with E-state index in [4.69, 9.17) is 4.74 Å². The highest BCUT2D eigenvalue weighted by molar-refractivity contribution is 7.92. The van der Waals surface area contributed by atoms with Crippen molar-refractivity contribution in [1.82, 2.24) is 10.2 Å². The average Bonchev–Trinajstić information content (AvgIpc) is 3.35. The zero-order chi connectivity index (χ0) is 26.3. The van der Waals surface area contributed by atoms with Gasteiger partial charge in [0, 0.05) is 12.6 Å². The number of hydrogen-bond donors (Lipinski definition) is 1.